The zero-order valence-corrected chi connectivity index (χ0v) is 15.4. The zero-order chi connectivity index (χ0) is 18.2. The number of carbonyl (C=O) groups excluding carboxylic acids is 2. The van der Waals surface area contributed by atoms with Gasteiger partial charge in [-0.3, -0.25) is 9.59 Å². The molecule has 0 heterocycles. The summed E-state index contributed by atoms with van der Waals surface area (Å²) in [5, 5.41) is 5.73. The third kappa shape index (κ3) is 6.12. The Morgan fingerprint density at radius 2 is 2.00 bits per heavy atom. The molecule has 0 spiro atoms. The quantitative estimate of drug-likeness (QED) is 0.622. The minimum absolute atomic E-state index is 0.0638. The molecule has 2 rings (SSSR count). The summed E-state index contributed by atoms with van der Waals surface area (Å²) in [6.45, 7) is 4.81. The van der Waals surface area contributed by atoms with Gasteiger partial charge in [0, 0.05) is 11.6 Å². The van der Waals surface area contributed by atoms with E-state index in [-0.39, 0.29) is 24.4 Å². The molecular formula is C18H25ClN2O4. The number of rotatable bonds is 10. The molecule has 1 aliphatic carbocycles. The fourth-order valence-corrected chi connectivity index (χ4v) is 2.45. The molecule has 0 radical (unpaired) electrons. The summed E-state index contributed by atoms with van der Waals surface area (Å²) in [6, 6.07) is 3.38. The highest BCUT2D eigenvalue weighted by Crippen LogP contribution is 2.36. The molecule has 1 saturated carbocycles. The van der Waals surface area contributed by atoms with Gasteiger partial charge in [0.05, 0.1) is 24.8 Å². The molecule has 2 N–H and O–H groups in total. The van der Waals surface area contributed by atoms with Crippen LogP contribution in [0.3, 0.4) is 0 Å². The summed E-state index contributed by atoms with van der Waals surface area (Å²) in [4.78, 5) is 24.0. The van der Waals surface area contributed by atoms with Crippen LogP contribution in [0.4, 0.5) is 0 Å². The lowest BCUT2D eigenvalue weighted by atomic mass is 10.2. The lowest BCUT2D eigenvalue weighted by Crippen LogP contribution is -2.37. The fraction of sp³-hybridized carbons (Fsp3) is 0.556. The van der Waals surface area contributed by atoms with Gasteiger partial charge in [-0.05, 0) is 38.3 Å². The number of amides is 2. The minimum Gasteiger partial charge on any atom is -0.490 e. The normalized spacial score (nSPS) is 13.2. The van der Waals surface area contributed by atoms with Crippen LogP contribution in [0.2, 0.25) is 5.02 Å². The summed E-state index contributed by atoms with van der Waals surface area (Å²) in [7, 11) is 0. The molecule has 0 atom stereocenters. The Balaban J connectivity index is 2.03. The van der Waals surface area contributed by atoms with Crippen LogP contribution in [0, 0.1) is 0 Å². The van der Waals surface area contributed by atoms with E-state index in [0.29, 0.717) is 35.3 Å². The van der Waals surface area contributed by atoms with Gasteiger partial charge in [0.2, 0.25) is 5.91 Å². The monoisotopic (exact) mass is 368 g/mol. The third-order valence-corrected chi connectivity index (χ3v) is 3.95. The first kappa shape index (κ1) is 19.4. The Bertz CT molecular complexity index is 617. The predicted octanol–water partition coefficient (Wildman–Crippen LogP) is 2.93. The number of benzene rings is 1. The van der Waals surface area contributed by atoms with E-state index in [9.17, 15) is 9.59 Å². The van der Waals surface area contributed by atoms with Crippen LogP contribution < -0.4 is 20.1 Å². The van der Waals surface area contributed by atoms with Crippen LogP contribution in [0.5, 0.6) is 11.5 Å². The number of unbranched alkanes of at least 4 members (excludes halogenated alkanes) is 1. The van der Waals surface area contributed by atoms with Crippen LogP contribution >= 0.6 is 11.6 Å². The first-order chi connectivity index (χ1) is 12.0. The molecule has 0 saturated heterocycles. The Labute approximate surface area is 153 Å². The van der Waals surface area contributed by atoms with Crippen LogP contribution in [-0.4, -0.2) is 37.6 Å². The number of halogens is 1. The van der Waals surface area contributed by atoms with Gasteiger partial charge < -0.3 is 20.1 Å². The van der Waals surface area contributed by atoms with Crippen molar-refractivity contribution in [2.75, 3.05) is 19.8 Å². The summed E-state index contributed by atoms with van der Waals surface area (Å²) >= 11 is 6.27. The predicted molar refractivity (Wildman–Crippen MR) is 96.5 cm³/mol. The highest BCUT2D eigenvalue weighted by Gasteiger charge is 2.23. The molecule has 7 heteroatoms. The van der Waals surface area contributed by atoms with E-state index in [1.54, 1.807) is 6.07 Å². The van der Waals surface area contributed by atoms with Crippen molar-refractivity contribution < 1.29 is 19.1 Å². The molecule has 0 bridgehead atoms. The first-order valence-corrected chi connectivity index (χ1v) is 9.09. The van der Waals surface area contributed by atoms with Crippen LogP contribution in [0.15, 0.2) is 12.1 Å². The molecule has 1 aromatic carbocycles. The Morgan fingerprint density at radius 1 is 1.24 bits per heavy atom. The van der Waals surface area contributed by atoms with E-state index in [4.69, 9.17) is 21.1 Å². The standard InChI is InChI=1S/C18H25ClN2O4/c1-3-5-8-25-17-14(19)9-12(10-15(17)24-4-2)18(23)20-11-16(22)21-13-6-7-13/h9-10,13H,3-8,11H2,1-2H3,(H,20,23)(H,21,22). The Hall–Kier alpha value is -1.95. The van der Waals surface area contributed by atoms with Crippen molar-refractivity contribution in [2.45, 2.75) is 45.6 Å². The first-order valence-electron chi connectivity index (χ1n) is 8.71. The second-order valence-corrected chi connectivity index (χ2v) is 6.35. The van der Waals surface area contributed by atoms with E-state index in [2.05, 4.69) is 17.6 Å². The number of carbonyl (C=O) groups is 2. The maximum Gasteiger partial charge on any atom is 0.251 e. The zero-order valence-electron chi connectivity index (χ0n) is 14.7. The second kappa shape index (κ2) is 9.51. The maximum atomic E-state index is 12.3. The van der Waals surface area contributed by atoms with Crippen LogP contribution in [0.25, 0.3) is 0 Å². The second-order valence-electron chi connectivity index (χ2n) is 5.94. The molecule has 2 amide bonds. The Morgan fingerprint density at radius 3 is 2.64 bits per heavy atom. The van der Waals surface area contributed by atoms with Gasteiger partial charge in [0.15, 0.2) is 11.5 Å². The van der Waals surface area contributed by atoms with E-state index in [1.807, 2.05) is 6.92 Å². The van der Waals surface area contributed by atoms with E-state index in [0.717, 1.165) is 25.7 Å². The third-order valence-electron chi connectivity index (χ3n) is 3.67. The van der Waals surface area contributed by atoms with Crippen molar-refractivity contribution in [3.63, 3.8) is 0 Å². The van der Waals surface area contributed by atoms with Crippen molar-refractivity contribution in [2.24, 2.45) is 0 Å². The molecule has 25 heavy (non-hydrogen) atoms. The molecule has 1 aromatic rings. The van der Waals surface area contributed by atoms with E-state index in [1.165, 1.54) is 6.07 Å². The largest absolute Gasteiger partial charge is 0.490 e. The topological polar surface area (TPSA) is 76.7 Å². The van der Waals surface area contributed by atoms with E-state index < -0.39 is 0 Å². The van der Waals surface area contributed by atoms with Crippen molar-refractivity contribution in [1.29, 1.82) is 0 Å². The van der Waals surface area contributed by atoms with Crippen molar-refractivity contribution in [1.82, 2.24) is 10.6 Å². The minimum atomic E-state index is -0.381. The van der Waals surface area contributed by atoms with Crippen molar-refractivity contribution in [3.8, 4) is 11.5 Å². The maximum absolute atomic E-state index is 12.3. The van der Waals surface area contributed by atoms with Gasteiger partial charge in [-0.1, -0.05) is 24.9 Å². The van der Waals surface area contributed by atoms with Gasteiger partial charge in [0.25, 0.3) is 5.91 Å². The molecule has 0 unspecified atom stereocenters. The molecule has 1 fully saturated rings. The highest BCUT2D eigenvalue weighted by molar-refractivity contribution is 6.32. The summed E-state index contributed by atoms with van der Waals surface area (Å²) in [5.41, 5.74) is 0.329. The van der Waals surface area contributed by atoms with Gasteiger partial charge in [-0.25, -0.2) is 0 Å². The SMILES string of the molecule is CCCCOc1c(Cl)cc(C(=O)NCC(=O)NC2CC2)cc1OCC. The molecule has 6 nitrogen and oxygen atoms in total. The number of hydrogen-bond acceptors (Lipinski definition) is 4. The summed E-state index contributed by atoms with van der Waals surface area (Å²) in [5.74, 6) is 0.305. The fourth-order valence-electron chi connectivity index (χ4n) is 2.19. The van der Waals surface area contributed by atoms with Crippen LogP contribution in [0.1, 0.15) is 49.9 Å². The van der Waals surface area contributed by atoms with Gasteiger partial charge >= 0.3 is 0 Å². The van der Waals surface area contributed by atoms with E-state index >= 15 is 0 Å². The molecule has 0 aliphatic heterocycles. The molecule has 1 aliphatic rings. The van der Waals surface area contributed by atoms with Crippen molar-refractivity contribution in [3.05, 3.63) is 22.7 Å². The van der Waals surface area contributed by atoms with Crippen molar-refractivity contribution >= 4 is 23.4 Å². The Kier molecular flexibility index (Phi) is 7.37. The molecular weight excluding hydrogens is 344 g/mol. The summed E-state index contributed by atoms with van der Waals surface area (Å²) in [6.07, 6.45) is 3.92. The summed E-state index contributed by atoms with van der Waals surface area (Å²) < 4.78 is 11.2. The lowest BCUT2D eigenvalue weighted by molar-refractivity contribution is -0.120. The smallest absolute Gasteiger partial charge is 0.251 e. The number of nitrogens with one attached hydrogen (secondary N) is 2. The van der Waals surface area contributed by atoms with Gasteiger partial charge in [0.1, 0.15) is 0 Å². The molecule has 0 aromatic heterocycles. The number of ether oxygens (including phenoxy) is 2. The average Bonchev–Trinajstić information content (AvgIpc) is 3.39. The molecule has 138 valence electrons. The average molecular weight is 369 g/mol. The van der Waals surface area contributed by atoms with Crippen LogP contribution in [-0.2, 0) is 4.79 Å². The highest BCUT2D eigenvalue weighted by atomic mass is 35.5. The van der Waals surface area contributed by atoms with Gasteiger partial charge in [-0.2, -0.15) is 0 Å². The van der Waals surface area contributed by atoms with Gasteiger partial charge in [-0.15, -0.1) is 0 Å². The number of hydrogen-bond donors (Lipinski definition) is 2. The lowest BCUT2D eigenvalue weighted by Gasteiger charge is -2.15.